The second kappa shape index (κ2) is 12.5. The van der Waals surface area contributed by atoms with E-state index in [2.05, 4.69) is 20.5 Å². The van der Waals surface area contributed by atoms with Crippen LogP contribution in [0.4, 0.5) is 8.78 Å². The average Bonchev–Trinajstić information content (AvgIpc) is 3.40. The van der Waals surface area contributed by atoms with Crippen LogP contribution in [0.5, 0.6) is 5.75 Å². The van der Waals surface area contributed by atoms with Gasteiger partial charge in [0.2, 0.25) is 5.91 Å². The second-order valence-corrected chi connectivity index (χ2v) is 11.1. The highest BCUT2D eigenvalue weighted by molar-refractivity contribution is 6.07. The van der Waals surface area contributed by atoms with Gasteiger partial charge in [0.15, 0.2) is 0 Å². The molecule has 0 radical (unpaired) electrons. The molecule has 39 heavy (non-hydrogen) atoms. The number of hydrogen-bond acceptors (Lipinski definition) is 6. The third-order valence-electron chi connectivity index (χ3n) is 8.31. The summed E-state index contributed by atoms with van der Waals surface area (Å²) in [7, 11) is 0. The van der Waals surface area contributed by atoms with Gasteiger partial charge in [-0.05, 0) is 95.3 Å². The lowest BCUT2D eigenvalue weighted by Crippen LogP contribution is -2.52. The Labute approximate surface area is 229 Å². The van der Waals surface area contributed by atoms with Crippen molar-refractivity contribution in [2.24, 2.45) is 5.92 Å². The van der Waals surface area contributed by atoms with Gasteiger partial charge in [0.25, 0.3) is 5.91 Å². The summed E-state index contributed by atoms with van der Waals surface area (Å²) in [6, 6.07) is 7.76. The van der Waals surface area contributed by atoms with Crippen LogP contribution in [0, 0.1) is 11.7 Å². The van der Waals surface area contributed by atoms with E-state index in [1.807, 2.05) is 13.8 Å². The van der Waals surface area contributed by atoms with E-state index in [1.165, 1.54) is 12.1 Å². The molecule has 2 saturated heterocycles. The van der Waals surface area contributed by atoms with Gasteiger partial charge in [0, 0.05) is 12.1 Å². The number of ether oxygens (including phenoxy) is 1. The number of alkyl halides is 1. The number of carbonyl (C=O) groups excluding carboxylic acids is 2. The summed E-state index contributed by atoms with van der Waals surface area (Å²) in [5, 5.41) is 5.40. The van der Waals surface area contributed by atoms with E-state index in [-0.39, 0.29) is 5.56 Å². The van der Waals surface area contributed by atoms with Crippen molar-refractivity contribution in [3.63, 3.8) is 0 Å². The first-order chi connectivity index (χ1) is 18.6. The molecule has 2 fully saturated rings. The minimum atomic E-state index is -1.10. The Bertz CT molecular complexity index is 1140. The van der Waals surface area contributed by atoms with E-state index < -0.39 is 28.8 Å². The predicted octanol–water partition coefficient (Wildman–Crippen LogP) is 4.91. The standard InChI is InChI=1S/C30H40F2N4O3/c1-4-30(32,5-2)20-36-15-11-21(12-16-36)19-39-23-8-10-26(33-18-23)22-7-9-24(25(31)17-22)27(37)35-28(38)29(3)13-6-14-34-29/h7-10,17-18,21,34H,4-6,11-16,19-20H2,1-3H3,(H,35,37,38)/t29-/m0/s1. The summed E-state index contributed by atoms with van der Waals surface area (Å²) in [4.78, 5) is 31.6. The fraction of sp³-hybridized carbons (Fsp3) is 0.567. The molecule has 9 heteroatoms. The van der Waals surface area contributed by atoms with Crippen molar-refractivity contribution >= 4 is 11.8 Å². The Morgan fingerprint density at radius 1 is 1.21 bits per heavy atom. The van der Waals surface area contributed by atoms with Gasteiger partial charge in [0.05, 0.1) is 29.6 Å². The number of benzene rings is 1. The van der Waals surface area contributed by atoms with Gasteiger partial charge in [-0.15, -0.1) is 0 Å². The molecular formula is C30H40F2N4O3. The predicted molar refractivity (Wildman–Crippen MR) is 147 cm³/mol. The SMILES string of the molecule is CCC(F)(CC)CN1CCC(COc2ccc(-c3ccc(C(=O)NC(=O)[C@]4(C)CCCN4)c(F)c3)nc2)CC1. The van der Waals surface area contributed by atoms with E-state index in [1.54, 1.807) is 31.3 Å². The largest absolute Gasteiger partial charge is 0.492 e. The van der Waals surface area contributed by atoms with E-state index >= 15 is 0 Å². The van der Waals surface area contributed by atoms with E-state index in [9.17, 15) is 18.4 Å². The zero-order chi connectivity index (χ0) is 28.0. The molecule has 2 aromatic rings. The molecule has 0 unspecified atom stereocenters. The number of piperidine rings is 1. The zero-order valence-electron chi connectivity index (χ0n) is 23.2. The summed E-state index contributed by atoms with van der Waals surface area (Å²) < 4.78 is 35.5. The van der Waals surface area contributed by atoms with Gasteiger partial charge < -0.3 is 15.0 Å². The Kier molecular flexibility index (Phi) is 9.33. The van der Waals surface area contributed by atoms with Gasteiger partial charge in [-0.25, -0.2) is 8.78 Å². The molecule has 4 rings (SSSR count). The molecule has 1 aromatic carbocycles. The summed E-state index contributed by atoms with van der Waals surface area (Å²) in [6.45, 7) is 9.09. The summed E-state index contributed by atoms with van der Waals surface area (Å²) >= 11 is 0. The van der Waals surface area contributed by atoms with Crippen LogP contribution in [-0.2, 0) is 4.79 Å². The maximum Gasteiger partial charge on any atom is 0.260 e. The fourth-order valence-corrected chi connectivity index (χ4v) is 5.29. The van der Waals surface area contributed by atoms with Gasteiger partial charge in [-0.2, -0.15) is 0 Å². The molecular weight excluding hydrogens is 502 g/mol. The van der Waals surface area contributed by atoms with Gasteiger partial charge in [0.1, 0.15) is 17.2 Å². The second-order valence-electron chi connectivity index (χ2n) is 11.1. The van der Waals surface area contributed by atoms with Gasteiger partial charge in [-0.1, -0.05) is 19.9 Å². The van der Waals surface area contributed by atoms with Crippen LogP contribution in [-0.4, -0.2) is 65.7 Å². The minimum Gasteiger partial charge on any atom is -0.492 e. The van der Waals surface area contributed by atoms with Crippen LogP contribution in [0.1, 0.15) is 69.7 Å². The number of nitrogens with zero attached hydrogens (tertiary/aromatic N) is 2. The molecule has 0 saturated carbocycles. The number of halogens is 2. The molecule has 2 aliphatic rings. The molecule has 2 N–H and O–H groups in total. The maximum absolute atomic E-state index is 14.8. The first kappa shape index (κ1) is 29.1. The maximum atomic E-state index is 14.8. The number of aromatic nitrogens is 1. The first-order valence-electron chi connectivity index (χ1n) is 14.1. The van der Waals surface area contributed by atoms with Crippen molar-refractivity contribution < 1.29 is 23.1 Å². The molecule has 0 spiro atoms. The number of pyridine rings is 1. The lowest BCUT2D eigenvalue weighted by Gasteiger charge is -2.36. The number of rotatable bonds is 10. The Morgan fingerprint density at radius 2 is 1.95 bits per heavy atom. The lowest BCUT2D eigenvalue weighted by molar-refractivity contribution is -0.125. The Morgan fingerprint density at radius 3 is 2.54 bits per heavy atom. The first-order valence-corrected chi connectivity index (χ1v) is 14.1. The van der Waals surface area contributed by atoms with Gasteiger partial charge >= 0.3 is 0 Å². The van der Waals surface area contributed by atoms with E-state index in [0.717, 1.165) is 32.4 Å². The Balaban J connectivity index is 1.27. The number of amides is 2. The highest BCUT2D eigenvalue weighted by atomic mass is 19.1. The number of nitrogens with one attached hydrogen (secondary N) is 2. The molecule has 1 aromatic heterocycles. The zero-order valence-corrected chi connectivity index (χ0v) is 23.2. The van der Waals surface area contributed by atoms with Crippen molar-refractivity contribution in [3.8, 4) is 17.0 Å². The average molecular weight is 543 g/mol. The van der Waals surface area contributed by atoms with Crippen LogP contribution < -0.4 is 15.4 Å². The van der Waals surface area contributed by atoms with E-state index in [4.69, 9.17) is 4.74 Å². The molecule has 212 valence electrons. The van der Waals surface area contributed by atoms with Crippen molar-refractivity contribution in [2.75, 3.05) is 32.8 Å². The minimum absolute atomic E-state index is 0.193. The van der Waals surface area contributed by atoms with Crippen molar-refractivity contribution in [2.45, 2.75) is 70.5 Å². The van der Waals surface area contributed by atoms with Crippen LogP contribution in [0.15, 0.2) is 36.5 Å². The summed E-state index contributed by atoms with van der Waals surface area (Å²) in [5.74, 6) is -0.902. The number of hydrogen-bond donors (Lipinski definition) is 2. The third-order valence-corrected chi connectivity index (χ3v) is 8.31. The van der Waals surface area contributed by atoms with Crippen LogP contribution in [0.25, 0.3) is 11.3 Å². The summed E-state index contributed by atoms with van der Waals surface area (Å²) in [5.41, 5.74) is -1.05. The smallest absolute Gasteiger partial charge is 0.260 e. The quantitative estimate of drug-likeness (QED) is 0.416. The molecule has 0 bridgehead atoms. The Hall–Kier alpha value is -2.91. The molecule has 2 aliphatic heterocycles. The van der Waals surface area contributed by atoms with Crippen molar-refractivity contribution in [3.05, 3.63) is 47.9 Å². The number of likely N-dealkylation sites (tertiary alicyclic amines) is 1. The van der Waals surface area contributed by atoms with Crippen LogP contribution in [0.3, 0.4) is 0 Å². The third kappa shape index (κ3) is 7.19. The van der Waals surface area contributed by atoms with E-state index in [0.29, 0.717) is 61.9 Å². The lowest BCUT2D eigenvalue weighted by atomic mass is 9.94. The molecule has 7 nitrogen and oxygen atoms in total. The molecule has 2 amide bonds. The normalized spacial score (nSPS) is 20.6. The van der Waals surface area contributed by atoms with Crippen molar-refractivity contribution in [1.29, 1.82) is 0 Å². The number of carbonyl (C=O) groups is 2. The molecule has 1 atom stereocenters. The summed E-state index contributed by atoms with van der Waals surface area (Å²) in [6.07, 6.45) is 6.09. The van der Waals surface area contributed by atoms with Crippen LogP contribution in [0.2, 0.25) is 0 Å². The highest BCUT2D eigenvalue weighted by Crippen LogP contribution is 2.27. The monoisotopic (exact) mass is 542 g/mol. The molecule has 0 aliphatic carbocycles. The topological polar surface area (TPSA) is 83.6 Å². The molecule has 3 heterocycles. The van der Waals surface area contributed by atoms with Gasteiger partial charge in [-0.3, -0.25) is 19.9 Å². The highest BCUT2D eigenvalue weighted by Gasteiger charge is 2.37. The fourth-order valence-electron chi connectivity index (χ4n) is 5.29. The number of imide groups is 1. The van der Waals surface area contributed by atoms with Crippen molar-refractivity contribution in [1.82, 2.24) is 20.5 Å². The van der Waals surface area contributed by atoms with Crippen LogP contribution >= 0.6 is 0 Å².